The first-order valence-electron chi connectivity index (χ1n) is 13.4. The van der Waals surface area contributed by atoms with Gasteiger partial charge in [0, 0.05) is 18.5 Å². The Labute approximate surface area is 219 Å². The average molecular weight is 501 g/mol. The average Bonchev–Trinajstić information content (AvgIpc) is 3.59. The van der Waals surface area contributed by atoms with E-state index in [-0.39, 0.29) is 42.2 Å². The Hall–Kier alpha value is -3.54. The fourth-order valence-electron chi connectivity index (χ4n) is 5.59. The number of nitrogens with one attached hydrogen (secondary N) is 1. The summed E-state index contributed by atoms with van der Waals surface area (Å²) in [5, 5.41) is 2.83. The van der Waals surface area contributed by atoms with Crippen LogP contribution in [0.3, 0.4) is 0 Å². The summed E-state index contributed by atoms with van der Waals surface area (Å²) in [7, 11) is 0. The third-order valence-corrected chi connectivity index (χ3v) is 7.38. The molecule has 0 bridgehead atoms. The van der Waals surface area contributed by atoms with Crippen molar-refractivity contribution in [3.05, 3.63) is 88.4 Å². The number of rotatable bonds is 7. The number of aryl methyl sites for hydroxylation is 1. The van der Waals surface area contributed by atoms with Gasteiger partial charge < -0.3 is 19.4 Å². The van der Waals surface area contributed by atoms with Crippen molar-refractivity contribution in [3.8, 4) is 5.75 Å². The van der Waals surface area contributed by atoms with Gasteiger partial charge in [-0.1, -0.05) is 48.7 Å². The molecule has 6 heteroatoms. The van der Waals surface area contributed by atoms with Crippen molar-refractivity contribution in [1.82, 2.24) is 10.2 Å². The molecule has 194 valence electrons. The highest BCUT2D eigenvalue weighted by Crippen LogP contribution is 2.40. The lowest BCUT2D eigenvalue weighted by molar-refractivity contribution is -0.137. The van der Waals surface area contributed by atoms with Crippen LogP contribution < -0.4 is 10.1 Å². The normalized spacial score (nSPS) is 17.6. The maximum absolute atomic E-state index is 13.6. The van der Waals surface area contributed by atoms with Crippen molar-refractivity contribution >= 4 is 11.8 Å². The van der Waals surface area contributed by atoms with Gasteiger partial charge in [0.25, 0.3) is 5.91 Å². The number of benzene rings is 2. The smallest absolute Gasteiger partial charge is 0.287 e. The molecule has 1 aromatic heterocycles. The standard InChI is InChI=1S/C31H36N2O4/c1-20(2)32-30(34)28-14-13-26(37-28)19-36-25-12-11-22-15-16-33(31(35)23-8-4-5-9-23)29(27(22)18-25)24-10-6-7-21(3)17-24/h6-7,10-14,17-18,20,23,29H,4-5,8-9,15-16,19H2,1-3H3,(H,32,34)/t29-/m1/s1. The number of carbonyl (C=O) groups excluding carboxylic acids is 2. The molecule has 1 aliphatic carbocycles. The molecular formula is C31H36N2O4. The van der Waals surface area contributed by atoms with Gasteiger partial charge in [-0.25, -0.2) is 0 Å². The van der Waals surface area contributed by atoms with Gasteiger partial charge in [-0.05, 0) is 81.0 Å². The third-order valence-electron chi connectivity index (χ3n) is 7.38. The molecule has 5 rings (SSSR count). The first kappa shape index (κ1) is 25.1. The molecule has 6 nitrogen and oxygen atoms in total. The number of nitrogens with zero attached hydrogens (tertiary/aromatic N) is 1. The Bertz CT molecular complexity index is 1270. The monoisotopic (exact) mass is 500 g/mol. The summed E-state index contributed by atoms with van der Waals surface area (Å²) in [5.74, 6) is 1.76. The highest BCUT2D eigenvalue weighted by Gasteiger charge is 2.36. The molecule has 0 saturated heterocycles. The Balaban J connectivity index is 1.39. The van der Waals surface area contributed by atoms with Gasteiger partial charge in [0.05, 0.1) is 6.04 Å². The van der Waals surface area contributed by atoms with Crippen LogP contribution in [0.15, 0.2) is 59.0 Å². The van der Waals surface area contributed by atoms with Crippen LogP contribution in [0.1, 0.15) is 84.1 Å². The highest BCUT2D eigenvalue weighted by atomic mass is 16.5. The maximum atomic E-state index is 13.6. The Morgan fingerprint density at radius 3 is 2.65 bits per heavy atom. The predicted octanol–water partition coefficient (Wildman–Crippen LogP) is 5.97. The number of furan rings is 1. The van der Waals surface area contributed by atoms with Gasteiger partial charge >= 0.3 is 0 Å². The van der Waals surface area contributed by atoms with Crippen LogP contribution >= 0.6 is 0 Å². The molecule has 2 aliphatic rings. The predicted molar refractivity (Wildman–Crippen MR) is 142 cm³/mol. The second-order valence-corrected chi connectivity index (χ2v) is 10.6. The van der Waals surface area contributed by atoms with E-state index in [9.17, 15) is 9.59 Å². The van der Waals surface area contributed by atoms with Crippen LogP contribution in [0.4, 0.5) is 0 Å². The summed E-state index contributed by atoms with van der Waals surface area (Å²) < 4.78 is 11.8. The largest absolute Gasteiger partial charge is 0.486 e. The fraction of sp³-hybridized carbons (Fsp3) is 0.419. The minimum Gasteiger partial charge on any atom is -0.486 e. The third kappa shape index (κ3) is 5.58. The molecule has 1 N–H and O–H groups in total. The van der Waals surface area contributed by atoms with Crippen LogP contribution in [-0.4, -0.2) is 29.3 Å². The molecule has 1 fully saturated rings. The highest BCUT2D eigenvalue weighted by molar-refractivity contribution is 5.91. The Morgan fingerprint density at radius 1 is 1.08 bits per heavy atom. The van der Waals surface area contributed by atoms with Gasteiger partial charge in [-0.2, -0.15) is 0 Å². The van der Waals surface area contributed by atoms with E-state index in [1.807, 2.05) is 19.9 Å². The second-order valence-electron chi connectivity index (χ2n) is 10.6. The zero-order chi connectivity index (χ0) is 25.9. The number of amides is 2. The molecule has 3 aromatic rings. The van der Waals surface area contributed by atoms with Crippen LogP contribution in [0.5, 0.6) is 5.75 Å². The van der Waals surface area contributed by atoms with E-state index in [0.717, 1.165) is 55.5 Å². The number of hydrogen-bond acceptors (Lipinski definition) is 4. The number of carbonyl (C=O) groups is 2. The van der Waals surface area contributed by atoms with Crippen molar-refractivity contribution < 1.29 is 18.7 Å². The maximum Gasteiger partial charge on any atom is 0.287 e. The fourth-order valence-corrected chi connectivity index (χ4v) is 5.59. The van der Waals surface area contributed by atoms with E-state index in [0.29, 0.717) is 5.76 Å². The summed E-state index contributed by atoms with van der Waals surface area (Å²) in [5.41, 5.74) is 4.69. The molecule has 0 spiro atoms. The zero-order valence-corrected chi connectivity index (χ0v) is 22.0. The number of ether oxygens (including phenoxy) is 1. The van der Waals surface area contributed by atoms with E-state index in [2.05, 4.69) is 53.5 Å². The molecule has 37 heavy (non-hydrogen) atoms. The van der Waals surface area contributed by atoms with E-state index < -0.39 is 0 Å². The molecule has 2 heterocycles. The summed E-state index contributed by atoms with van der Waals surface area (Å²) in [6, 6.07) is 18.0. The topological polar surface area (TPSA) is 71.8 Å². The second kappa shape index (κ2) is 10.8. The first-order valence-corrected chi connectivity index (χ1v) is 13.4. The lowest BCUT2D eigenvalue weighted by Crippen LogP contribution is -2.43. The zero-order valence-electron chi connectivity index (χ0n) is 22.0. The molecular weight excluding hydrogens is 464 g/mol. The first-order chi connectivity index (χ1) is 17.9. The van der Waals surface area contributed by atoms with Crippen molar-refractivity contribution in [2.45, 2.75) is 71.6 Å². The quantitative estimate of drug-likeness (QED) is 0.434. The molecule has 1 atom stereocenters. The van der Waals surface area contributed by atoms with Crippen LogP contribution in [0.25, 0.3) is 0 Å². The Kier molecular flexibility index (Phi) is 7.36. The number of hydrogen-bond donors (Lipinski definition) is 1. The summed E-state index contributed by atoms with van der Waals surface area (Å²) in [6.45, 7) is 6.86. The van der Waals surface area contributed by atoms with Crippen molar-refractivity contribution in [1.29, 1.82) is 0 Å². The summed E-state index contributed by atoms with van der Waals surface area (Å²) in [4.78, 5) is 27.9. The minimum atomic E-state index is -0.233. The lowest BCUT2D eigenvalue weighted by Gasteiger charge is -2.39. The van der Waals surface area contributed by atoms with Gasteiger partial charge in [0.2, 0.25) is 5.91 Å². The summed E-state index contributed by atoms with van der Waals surface area (Å²) >= 11 is 0. The van der Waals surface area contributed by atoms with Crippen molar-refractivity contribution in [2.75, 3.05) is 6.54 Å². The lowest BCUT2D eigenvalue weighted by atomic mass is 9.86. The molecule has 2 aromatic carbocycles. The van der Waals surface area contributed by atoms with E-state index in [1.54, 1.807) is 12.1 Å². The molecule has 2 amide bonds. The molecule has 0 radical (unpaired) electrons. The van der Waals surface area contributed by atoms with Crippen LogP contribution in [0, 0.1) is 12.8 Å². The summed E-state index contributed by atoms with van der Waals surface area (Å²) in [6.07, 6.45) is 5.10. The van der Waals surface area contributed by atoms with E-state index in [4.69, 9.17) is 9.15 Å². The molecule has 1 aliphatic heterocycles. The van der Waals surface area contributed by atoms with Gasteiger partial charge in [0.15, 0.2) is 5.76 Å². The van der Waals surface area contributed by atoms with Crippen LogP contribution in [-0.2, 0) is 17.8 Å². The molecule has 1 saturated carbocycles. The molecule has 0 unspecified atom stereocenters. The SMILES string of the molecule is Cc1cccc([C@@H]2c3cc(OCc4ccc(C(=O)NC(C)C)o4)ccc3CCN2C(=O)C2CCCC2)c1. The Morgan fingerprint density at radius 2 is 1.89 bits per heavy atom. The van der Waals surface area contributed by atoms with Gasteiger partial charge in [-0.3, -0.25) is 9.59 Å². The minimum absolute atomic E-state index is 0.0364. The van der Waals surface area contributed by atoms with Gasteiger partial charge in [-0.15, -0.1) is 0 Å². The van der Waals surface area contributed by atoms with Crippen molar-refractivity contribution in [3.63, 3.8) is 0 Å². The van der Waals surface area contributed by atoms with E-state index in [1.165, 1.54) is 11.1 Å². The van der Waals surface area contributed by atoms with Crippen LogP contribution in [0.2, 0.25) is 0 Å². The number of fused-ring (bicyclic) bond motifs is 1. The van der Waals surface area contributed by atoms with E-state index >= 15 is 0 Å². The van der Waals surface area contributed by atoms with Crippen molar-refractivity contribution in [2.24, 2.45) is 5.92 Å². The van der Waals surface area contributed by atoms with Gasteiger partial charge in [0.1, 0.15) is 18.1 Å².